The standard InChI is InChI=1S/C24H27NO4/c1-16(26)21-15-20(25(22(21)27)23(28)29-24(2,3)4)14-17-10-12-19(13-11-17)18-8-6-5-7-9-18/h5-13,20-21H,14-15H2,1-4H3/t20?,21-/m0/s1. The number of imide groups is 1. The number of nitrogens with zero attached hydrogens (tertiary/aromatic N) is 1. The molecule has 2 amide bonds. The Balaban J connectivity index is 1.80. The highest BCUT2D eigenvalue weighted by Crippen LogP contribution is 2.30. The zero-order chi connectivity index (χ0) is 21.2. The number of ketones is 1. The summed E-state index contributed by atoms with van der Waals surface area (Å²) >= 11 is 0. The van der Waals surface area contributed by atoms with Crippen LogP contribution in [0.1, 0.15) is 39.7 Å². The number of benzene rings is 2. The molecule has 0 aromatic heterocycles. The molecule has 29 heavy (non-hydrogen) atoms. The number of Topliss-reactive ketones (excluding diaryl/α,β-unsaturated/α-hetero) is 1. The highest BCUT2D eigenvalue weighted by Gasteiger charge is 2.46. The smallest absolute Gasteiger partial charge is 0.417 e. The lowest BCUT2D eigenvalue weighted by molar-refractivity contribution is -0.135. The van der Waals surface area contributed by atoms with Crippen LogP contribution in [0.5, 0.6) is 0 Å². The number of hydrogen-bond donors (Lipinski definition) is 0. The maximum Gasteiger partial charge on any atom is 0.417 e. The van der Waals surface area contributed by atoms with Crippen molar-refractivity contribution in [2.24, 2.45) is 5.92 Å². The first-order chi connectivity index (χ1) is 13.7. The van der Waals surface area contributed by atoms with E-state index >= 15 is 0 Å². The van der Waals surface area contributed by atoms with E-state index in [1.165, 1.54) is 6.92 Å². The third-order valence-corrected chi connectivity index (χ3v) is 5.02. The van der Waals surface area contributed by atoms with E-state index in [0.29, 0.717) is 12.8 Å². The molecular formula is C24H27NO4. The van der Waals surface area contributed by atoms with Crippen molar-refractivity contribution < 1.29 is 19.1 Å². The summed E-state index contributed by atoms with van der Waals surface area (Å²) in [5.41, 5.74) is 2.51. The van der Waals surface area contributed by atoms with E-state index in [9.17, 15) is 14.4 Å². The Morgan fingerprint density at radius 1 is 1.00 bits per heavy atom. The molecule has 1 saturated heterocycles. The van der Waals surface area contributed by atoms with Crippen LogP contribution >= 0.6 is 0 Å². The van der Waals surface area contributed by atoms with Crippen molar-refractivity contribution in [1.82, 2.24) is 4.90 Å². The van der Waals surface area contributed by atoms with E-state index in [1.807, 2.05) is 54.6 Å². The molecule has 0 aliphatic carbocycles. The summed E-state index contributed by atoms with van der Waals surface area (Å²) in [6.45, 7) is 6.66. The summed E-state index contributed by atoms with van der Waals surface area (Å²) in [5, 5.41) is 0. The fourth-order valence-electron chi connectivity index (χ4n) is 3.63. The summed E-state index contributed by atoms with van der Waals surface area (Å²) in [5.74, 6) is -1.46. The van der Waals surface area contributed by atoms with Crippen molar-refractivity contribution in [3.05, 3.63) is 60.2 Å². The first-order valence-electron chi connectivity index (χ1n) is 9.86. The summed E-state index contributed by atoms with van der Waals surface area (Å²) in [6.07, 6.45) is 0.134. The molecule has 1 fully saturated rings. The van der Waals surface area contributed by atoms with Gasteiger partial charge in [0.05, 0.1) is 5.92 Å². The quantitative estimate of drug-likeness (QED) is 0.710. The van der Waals surface area contributed by atoms with E-state index in [4.69, 9.17) is 4.74 Å². The molecule has 5 nitrogen and oxygen atoms in total. The summed E-state index contributed by atoms with van der Waals surface area (Å²) < 4.78 is 5.42. The molecule has 0 radical (unpaired) electrons. The molecule has 1 aliphatic heterocycles. The SMILES string of the molecule is CC(=O)[C@@H]1CC(Cc2ccc(-c3ccccc3)cc2)N(C(=O)OC(C)(C)C)C1=O. The van der Waals surface area contributed by atoms with Gasteiger partial charge in [0, 0.05) is 6.04 Å². The second kappa shape index (κ2) is 8.19. The van der Waals surface area contributed by atoms with Crippen molar-refractivity contribution in [3.63, 3.8) is 0 Å². The van der Waals surface area contributed by atoms with Gasteiger partial charge in [-0.05, 0) is 57.2 Å². The number of amides is 2. The minimum Gasteiger partial charge on any atom is -0.443 e. The summed E-state index contributed by atoms with van der Waals surface area (Å²) in [7, 11) is 0. The normalized spacial score (nSPS) is 19.3. The van der Waals surface area contributed by atoms with Crippen LogP contribution in [-0.2, 0) is 20.7 Å². The first-order valence-corrected chi connectivity index (χ1v) is 9.86. The molecule has 2 atom stereocenters. The second-order valence-electron chi connectivity index (χ2n) is 8.51. The molecule has 0 saturated carbocycles. The van der Waals surface area contributed by atoms with Crippen molar-refractivity contribution in [2.75, 3.05) is 0 Å². The molecule has 3 rings (SSSR count). The number of carbonyl (C=O) groups is 3. The molecule has 1 unspecified atom stereocenters. The largest absolute Gasteiger partial charge is 0.443 e. The molecule has 2 aromatic rings. The number of carbonyl (C=O) groups excluding carboxylic acids is 3. The predicted octanol–water partition coefficient (Wildman–Crippen LogP) is 4.64. The molecule has 0 bridgehead atoms. The lowest BCUT2D eigenvalue weighted by Gasteiger charge is -2.27. The highest BCUT2D eigenvalue weighted by molar-refractivity contribution is 6.07. The number of likely N-dealkylation sites (tertiary alicyclic amines) is 1. The maximum absolute atomic E-state index is 12.7. The van der Waals surface area contributed by atoms with E-state index in [2.05, 4.69) is 0 Å². The Kier molecular flexibility index (Phi) is 5.87. The Hall–Kier alpha value is -2.95. The van der Waals surface area contributed by atoms with Crippen LogP contribution in [-0.4, -0.2) is 34.3 Å². The van der Waals surface area contributed by atoms with Crippen LogP contribution in [0.15, 0.2) is 54.6 Å². The average Bonchev–Trinajstić information content (AvgIpc) is 2.98. The monoisotopic (exact) mass is 393 g/mol. The molecule has 1 aliphatic rings. The van der Waals surface area contributed by atoms with Gasteiger partial charge in [0.15, 0.2) is 0 Å². The third kappa shape index (κ3) is 4.91. The van der Waals surface area contributed by atoms with Crippen LogP contribution in [0.25, 0.3) is 11.1 Å². The molecule has 5 heteroatoms. The Morgan fingerprint density at radius 2 is 1.59 bits per heavy atom. The third-order valence-electron chi connectivity index (χ3n) is 5.02. The lowest BCUT2D eigenvalue weighted by atomic mass is 9.96. The van der Waals surface area contributed by atoms with Crippen molar-refractivity contribution >= 4 is 17.8 Å². The van der Waals surface area contributed by atoms with Crippen LogP contribution in [0.3, 0.4) is 0 Å². The molecule has 2 aromatic carbocycles. The van der Waals surface area contributed by atoms with Crippen LogP contribution < -0.4 is 0 Å². The molecule has 152 valence electrons. The topological polar surface area (TPSA) is 63.7 Å². The lowest BCUT2D eigenvalue weighted by Crippen LogP contribution is -2.43. The minimum atomic E-state index is -0.781. The minimum absolute atomic E-state index is 0.217. The van der Waals surface area contributed by atoms with Crippen molar-refractivity contribution in [1.29, 1.82) is 0 Å². The number of hydrogen-bond acceptors (Lipinski definition) is 4. The predicted molar refractivity (Wildman–Crippen MR) is 111 cm³/mol. The van der Waals surface area contributed by atoms with Gasteiger partial charge in [-0.25, -0.2) is 9.69 Å². The summed E-state index contributed by atoms with van der Waals surface area (Å²) in [4.78, 5) is 38.4. The van der Waals surface area contributed by atoms with Crippen molar-refractivity contribution in [3.8, 4) is 11.1 Å². The molecular weight excluding hydrogens is 366 g/mol. The van der Waals surface area contributed by atoms with E-state index in [0.717, 1.165) is 21.6 Å². The molecule has 0 spiro atoms. The van der Waals surface area contributed by atoms with Gasteiger partial charge in [-0.3, -0.25) is 9.59 Å². The van der Waals surface area contributed by atoms with Gasteiger partial charge in [-0.1, -0.05) is 54.6 Å². The van der Waals surface area contributed by atoms with Gasteiger partial charge in [0.1, 0.15) is 11.4 Å². The number of ether oxygens (including phenoxy) is 1. The fraction of sp³-hybridized carbons (Fsp3) is 0.375. The van der Waals surface area contributed by atoms with E-state index in [-0.39, 0.29) is 5.78 Å². The number of rotatable bonds is 4. The van der Waals surface area contributed by atoms with Crippen LogP contribution in [0, 0.1) is 5.92 Å². The van der Waals surface area contributed by atoms with E-state index in [1.54, 1.807) is 20.8 Å². The first kappa shape index (κ1) is 20.8. The maximum atomic E-state index is 12.7. The van der Waals surface area contributed by atoms with Crippen molar-refractivity contribution in [2.45, 2.75) is 52.2 Å². The fourth-order valence-corrected chi connectivity index (χ4v) is 3.63. The zero-order valence-electron chi connectivity index (χ0n) is 17.3. The Morgan fingerprint density at radius 3 is 2.14 bits per heavy atom. The van der Waals surface area contributed by atoms with Gasteiger partial charge in [0.2, 0.25) is 5.91 Å². The van der Waals surface area contributed by atoms with E-state index < -0.39 is 29.6 Å². The highest BCUT2D eigenvalue weighted by atomic mass is 16.6. The molecule has 0 N–H and O–H groups in total. The van der Waals surface area contributed by atoms with Crippen LogP contribution in [0.4, 0.5) is 4.79 Å². The van der Waals surface area contributed by atoms with Gasteiger partial charge in [0.25, 0.3) is 0 Å². The Labute approximate surface area is 171 Å². The van der Waals surface area contributed by atoms with Gasteiger partial charge < -0.3 is 4.74 Å². The van der Waals surface area contributed by atoms with Gasteiger partial charge in [-0.2, -0.15) is 0 Å². The molecule has 1 heterocycles. The van der Waals surface area contributed by atoms with Gasteiger partial charge >= 0.3 is 6.09 Å². The Bertz CT molecular complexity index is 897. The zero-order valence-corrected chi connectivity index (χ0v) is 17.3. The van der Waals surface area contributed by atoms with Crippen LogP contribution in [0.2, 0.25) is 0 Å². The second-order valence-corrected chi connectivity index (χ2v) is 8.51. The average molecular weight is 393 g/mol. The van der Waals surface area contributed by atoms with Gasteiger partial charge in [-0.15, -0.1) is 0 Å². The summed E-state index contributed by atoms with van der Waals surface area (Å²) in [6, 6.07) is 17.7.